The van der Waals surface area contributed by atoms with Crippen molar-refractivity contribution in [2.75, 3.05) is 26.3 Å². The second-order valence-corrected chi connectivity index (χ2v) is 6.78. The van der Waals surface area contributed by atoms with Gasteiger partial charge in [0.15, 0.2) is 0 Å². The topological polar surface area (TPSA) is 33.3 Å². The van der Waals surface area contributed by atoms with Gasteiger partial charge in [0.1, 0.15) is 0 Å². The summed E-state index contributed by atoms with van der Waals surface area (Å²) >= 11 is 0. The monoisotopic (exact) mass is 282 g/mol. The highest BCUT2D eigenvalue weighted by Gasteiger charge is 2.35. The fraction of sp³-hybridized carbons (Fsp3) is 1.00. The van der Waals surface area contributed by atoms with E-state index in [0.29, 0.717) is 17.5 Å². The lowest BCUT2D eigenvalue weighted by Gasteiger charge is -2.36. The molecule has 1 saturated carbocycles. The SMILES string of the molecule is CCC(CC)(CC)CNC1CCCC1C1COCCN1. The number of hydrogen-bond acceptors (Lipinski definition) is 3. The predicted octanol–water partition coefficient (Wildman–Crippen LogP) is 2.95. The molecule has 2 aliphatic rings. The van der Waals surface area contributed by atoms with Gasteiger partial charge < -0.3 is 15.4 Å². The summed E-state index contributed by atoms with van der Waals surface area (Å²) in [5, 5.41) is 7.59. The van der Waals surface area contributed by atoms with Crippen LogP contribution >= 0.6 is 0 Å². The third kappa shape index (κ3) is 3.75. The van der Waals surface area contributed by atoms with E-state index in [1.165, 1.54) is 45.1 Å². The first-order chi connectivity index (χ1) is 9.74. The Labute approximate surface area is 125 Å². The molecule has 2 rings (SSSR count). The Balaban J connectivity index is 1.87. The molecule has 0 aromatic rings. The molecule has 0 radical (unpaired) electrons. The van der Waals surface area contributed by atoms with Crippen LogP contribution in [-0.4, -0.2) is 38.4 Å². The fourth-order valence-electron chi connectivity index (χ4n) is 4.06. The summed E-state index contributed by atoms with van der Waals surface area (Å²) in [7, 11) is 0. The van der Waals surface area contributed by atoms with E-state index >= 15 is 0 Å². The summed E-state index contributed by atoms with van der Waals surface area (Å²) in [6.07, 6.45) is 7.93. The molecule has 3 atom stereocenters. The lowest BCUT2D eigenvalue weighted by molar-refractivity contribution is 0.0513. The lowest BCUT2D eigenvalue weighted by atomic mass is 9.79. The van der Waals surface area contributed by atoms with Crippen molar-refractivity contribution in [2.45, 2.75) is 71.4 Å². The molecule has 3 unspecified atom stereocenters. The van der Waals surface area contributed by atoms with Crippen molar-refractivity contribution in [2.24, 2.45) is 11.3 Å². The van der Waals surface area contributed by atoms with Crippen LogP contribution in [0.5, 0.6) is 0 Å². The maximum atomic E-state index is 5.66. The van der Waals surface area contributed by atoms with Crippen LogP contribution < -0.4 is 10.6 Å². The Morgan fingerprint density at radius 1 is 1.15 bits per heavy atom. The second kappa shape index (κ2) is 7.77. The van der Waals surface area contributed by atoms with E-state index in [1.54, 1.807) is 0 Å². The Kier molecular flexibility index (Phi) is 6.31. The van der Waals surface area contributed by atoms with E-state index < -0.39 is 0 Å². The van der Waals surface area contributed by atoms with Crippen molar-refractivity contribution in [3.05, 3.63) is 0 Å². The van der Waals surface area contributed by atoms with Gasteiger partial charge in [-0.3, -0.25) is 0 Å². The number of ether oxygens (including phenoxy) is 1. The maximum Gasteiger partial charge on any atom is 0.0623 e. The summed E-state index contributed by atoms with van der Waals surface area (Å²) in [5.41, 5.74) is 0.504. The molecule has 2 N–H and O–H groups in total. The molecule has 3 nitrogen and oxygen atoms in total. The van der Waals surface area contributed by atoms with E-state index in [0.717, 1.165) is 25.7 Å². The molecule has 0 spiro atoms. The standard InChI is InChI=1S/C17H34N2O/c1-4-17(5-2,6-3)13-19-15-9-7-8-14(15)16-12-20-11-10-18-16/h14-16,18-19H,4-13H2,1-3H3. The van der Waals surface area contributed by atoms with Crippen LogP contribution in [0.2, 0.25) is 0 Å². The van der Waals surface area contributed by atoms with Gasteiger partial charge in [0.05, 0.1) is 13.2 Å². The minimum Gasteiger partial charge on any atom is -0.379 e. The lowest BCUT2D eigenvalue weighted by Crippen LogP contribution is -2.52. The molecule has 118 valence electrons. The average Bonchev–Trinajstić information content (AvgIpc) is 2.99. The van der Waals surface area contributed by atoms with Crippen LogP contribution in [0.1, 0.15) is 59.3 Å². The molecule has 2 fully saturated rings. The number of nitrogens with one attached hydrogen (secondary N) is 2. The number of rotatable bonds is 7. The number of hydrogen-bond donors (Lipinski definition) is 2. The molecule has 0 bridgehead atoms. The molecule has 0 amide bonds. The van der Waals surface area contributed by atoms with Gasteiger partial charge in [0.25, 0.3) is 0 Å². The normalized spacial score (nSPS) is 31.6. The van der Waals surface area contributed by atoms with E-state index in [1.807, 2.05) is 0 Å². The van der Waals surface area contributed by atoms with Crippen molar-refractivity contribution in [3.63, 3.8) is 0 Å². The molecule has 1 aliphatic carbocycles. The van der Waals surface area contributed by atoms with Gasteiger partial charge in [-0.05, 0) is 43.4 Å². The summed E-state index contributed by atoms with van der Waals surface area (Å²) < 4.78 is 5.66. The Bertz CT molecular complexity index is 264. The Morgan fingerprint density at radius 3 is 2.50 bits per heavy atom. The second-order valence-electron chi connectivity index (χ2n) is 6.78. The van der Waals surface area contributed by atoms with Crippen LogP contribution in [0.15, 0.2) is 0 Å². The van der Waals surface area contributed by atoms with E-state index in [2.05, 4.69) is 31.4 Å². The van der Waals surface area contributed by atoms with E-state index in [-0.39, 0.29) is 0 Å². The Hall–Kier alpha value is -0.120. The minimum absolute atomic E-state index is 0.504. The first kappa shape index (κ1) is 16.3. The first-order valence-electron chi connectivity index (χ1n) is 8.79. The number of morpholine rings is 1. The molecule has 1 saturated heterocycles. The molecule has 0 aromatic carbocycles. The third-order valence-corrected chi connectivity index (χ3v) is 6.03. The van der Waals surface area contributed by atoms with Gasteiger partial charge >= 0.3 is 0 Å². The third-order valence-electron chi connectivity index (χ3n) is 6.03. The van der Waals surface area contributed by atoms with Crippen molar-refractivity contribution in [1.82, 2.24) is 10.6 Å². The van der Waals surface area contributed by atoms with Crippen molar-refractivity contribution < 1.29 is 4.74 Å². The van der Waals surface area contributed by atoms with Gasteiger partial charge in [-0.2, -0.15) is 0 Å². The smallest absolute Gasteiger partial charge is 0.0623 e. The summed E-state index contributed by atoms with van der Waals surface area (Å²) in [6, 6.07) is 1.27. The van der Waals surface area contributed by atoms with Crippen LogP contribution in [0, 0.1) is 11.3 Å². The molecule has 1 aliphatic heterocycles. The maximum absolute atomic E-state index is 5.66. The van der Waals surface area contributed by atoms with E-state index in [4.69, 9.17) is 4.74 Å². The molecule has 20 heavy (non-hydrogen) atoms. The first-order valence-corrected chi connectivity index (χ1v) is 8.79. The van der Waals surface area contributed by atoms with Gasteiger partial charge in [-0.15, -0.1) is 0 Å². The van der Waals surface area contributed by atoms with Gasteiger partial charge in [-0.25, -0.2) is 0 Å². The summed E-state index contributed by atoms with van der Waals surface area (Å²) in [4.78, 5) is 0. The van der Waals surface area contributed by atoms with E-state index in [9.17, 15) is 0 Å². The van der Waals surface area contributed by atoms with Gasteiger partial charge in [0, 0.05) is 25.2 Å². The van der Waals surface area contributed by atoms with Crippen LogP contribution in [0.4, 0.5) is 0 Å². The highest BCUT2D eigenvalue weighted by molar-refractivity contribution is 4.93. The molecule has 1 heterocycles. The van der Waals surface area contributed by atoms with Gasteiger partial charge in [0.2, 0.25) is 0 Å². The van der Waals surface area contributed by atoms with Crippen LogP contribution in [0.25, 0.3) is 0 Å². The van der Waals surface area contributed by atoms with Crippen LogP contribution in [0.3, 0.4) is 0 Å². The van der Waals surface area contributed by atoms with Crippen molar-refractivity contribution >= 4 is 0 Å². The molecule has 0 aromatic heterocycles. The zero-order chi connectivity index (χ0) is 14.4. The molecular formula is C17H34N2O. The highest BCUT2D eigenvalue weighted by Crippen LogP contribution is 2.33. The fourth-order valence-corrected chi connectivity index (χ4v) is 4.06. The zero-order valence-corrected chi connectivity index (χ0v) is 13.7. The quantitative estimate of drug-likeness (QED) is 0.753. The molecular weight excluding hydrogens is 248 g/mol. The highest BCUT2D eigenvalue weighted by atomic mass is 16.5. The summed E-state index contributed by atoms with van der Waals surface area (Å²) in [6.45, 7) is 11.0. The summed E-state index contributed by atoms with van der Waals surface area (Å²) in [5.74, 6) is 0.763. The molecule has 3 heteroatoms. The Morgan fingerprint density at radius 2 is 1.90 bits per heavy atom. The average molecular weight is 282 g/mol. The minimum atomic E-state index is 0.504. The van der Waals surface area contributed by atoms with Crippen molar-refractivity contribution in [3.8, 4) is 0 Å². The predicted molar refractivity (Wildman–Crippen MR) is 85.0 cm³/mol. The van der Waals surface area contributed by atoms with Crippen molar-refractivity contribution in [1.29, 1.82) is 0 Å². The largest absolute Gasteiger partial charge is 0.379 e. The van der Waals surface area contributed by atoms with Crippen LogP contribution in [-0.2, 0) is 4.74 Å². The zero-order valence-electron chi connectivity index (χ0n) is 13.7. The van der Waals surface area contributed by atoms with Gasteiger partial charge in [-0.1, -0.05) is 27.2 Å².